The van der Waals surface area contributed by atoms with Crippen LogP contribution in [0.2, 0.25) is 10.0 Å². The number of aryl methyl sites for hydroxylation is 1. The van der Waals surface area contributed by atoms with E-state index in [2.05, 4.69) is 11.3 Å². The summed E-state index contributed by atoms with van der Waals surface area (Å²) in [4.78, 5) is 12.2. The maximum atomic E-state index is 13.1. The number of sulfonamides is 1. The lowest BCUT2D eigenvalue weighted by molar-refractivity contribution is -0.138. The largest absolute Gasteiger partial charge is 0.467 e. The van der Waals surface area contributed by atoms with E-state index in [-0.39, 0.29) is 51.6 Å². The molecule has 0 radical (unpaired) electrons. The topological polar surface area (TPSA) is 90.9 Å². The third-order valence-corrected chi connectivity index (χ3v) is 6.72. The van der Waals surface area contributed by atoms with Crippen molar-refractivity contribution in [3.63, 3.8) is 0 Å². The van der Waals surface area contributed by atoms with Gasteiger partial charge in [-0.1, -0.05) is 47.5 Å². The van der Waals surface area contributed by atoms with E-state index in [1.807, 2.05) is 6.92 Å². The molecule has 0 amide bonds. The van der Waals surface area contributed by atoms with Crippen molar-refractivity contribution in [3.8, 4) is 5.75 Å². The van der Waals surface area contributed by atoms with Gasteiger partial charge in [-0.05, 0) is 44.5 Å². The first-order valence-corrected chi connectivity index (χ1v) is 11.9. The molecule has 0 heterocycles. The van der Waals surface area contributed by atoms with Crippen LogP contribution in [-0.4, -0.2) is 34.9 Å². The zero-order chi connectivity index (χ0) is 23.9. The molecule has 1 N–H and O–H groups in total. The van der Waals surface area contributed by atoms with E-state index >= 15 is 0 Å². The van der Waals surface area contributed by atoms with E-state index in [4.69, 9.17) is 37.4 Å². The predicted molar refractivity (Wildman–Crippen MR) is 124 cm³/mol. The average Bonchev–Trinajstić information content (AvgIpc) is 2.74. The van der Waals surface area contributed by atoms with Gasteiger partial charge in [0.05, 0.1) is 27.6 Å². The number of rotatable bonds is 11. The molecule has 32 heavy (non-hydrogen) atoms. The van der Waals surface area contributed by atoms with Crippen LogP contribution in [0.4, 0.5) is 0 Å². The van der Waals surface area contributed by atoms with Gasteiger partial charge < -0.3 is 14.2 Å². The Morgan fingerprint density at radius 2 is 1.81 bits per heavy atom. The van der Waals surface area contributed by atoms with Crippen LogP contribution in [0.25, 0.3) is 0 Å². The summed E-state index contributed by atoms with van der Waals surface area (Å²) in [5, 5.41) is 0.265. The second-order valence-electron chi connectivity index (χ2n) is 6.84. The first-order valence-electron chi connectivity index (χ1n) is 9.64. The molecule has 0 fully saturated rings. The van der Waals surface area contributed by atoms with Crippen molar-refractivity contribution in [2.24, 2.45) is 0 Å². The standard InChI is InChI=1S/C22H25Cl2NO6S/c1-5-30-22(26)15(3)12-18(25-32(27,28)16-8-6-14(2)7-9-16)20-19(31-13-29-4)11-10-17(23)21(20)24/h6-11,18,25H,3,5,12-13H2,1-2,4H3/t18-/m1/s1. The Balaban J connectivity index is 2.54. The Morgan fingerprint density at radius 3 is 2.41 bits per heavy atom. The molecule has 7 nitrogen and oxygen atoms in total. The highest BCUT2D eigenvalue weighted by molar-refractivity contribution is 7.89. The van der Waals surface area contributed by atoms with E-state index in [1.165, 1.54) is 25.3 Å². The van der Waals surface area contributed by atoms with Crippen LogP contribution >= 0.6 is 23.2 Å². The number of hydrogen-bond donors (Lipinski definition) is 1. The first kappa shape index (κ1) is 26.2. The minimum atomic E-state index is -4.01. The number of esters is 1. The molecule has 0 bridgehead atoms. The summed E-state index contributed by atoms with van der Waals surface area (Å²) in [7, 11) is -2.56. The highest BCUT2D eigenvalue weighted by atomic mass is 35.5. The number of benzene rings is 2. The van der Waals surface area contributed by atoms with Crippen LogP contribution in [0.1, 0.15) is 30.5 Å². The van der Waals surface area contributed by atoms with Crippen molar-refractivity contribution in [3.05, 3.63) is 69.7 Å². The second-order valence-corrected chi connectivity index (χ2v) is 9.34. The summed E-state index contributed by atoms with van der Waals surface area (Å²) < 4.78 is 44.4. The van der Waals surface area contributed by atoms with Gasteiger partial charge in [-0.25, -0.2) is 17.9 Å². The van der Waals surface area contributed by atoms with Gasteiger partial charge in [-0.15, -0.1) is 0 Å². The molecule has 0 saturated carbocycles. The molecule has 0 aliphatic carbocycles. The zero-order valence-corrected chi connectivity index (χ0v) is 20.3. The smallest absolute Gasteiger partial charge is 0.333 e. The summed E-state index contributed by atoms with van der Waals surface area (Å²) in [5.74, 6) is -0.404. The van der Waals surface area contributed by atoms with Gasteiger partial charge in [0.2, 0.25) is 10.0 Å². The fourth-order valence-corrected chi connectivity index (χ4v) is 4.52. The van der Waals surface area contributed by atoms with Crippen molar-refractivity contribution < 1.29 is 27.4 Å². The summed E-state index contributed by atoms with van der Waals surface area (Å²) >= 11 is 12.7. The quantitative estimate of drug-likeness (QED) is 0.269. The van der Waals surface area contributed by atoms with Crippen molar-refractivity contribution in [2.45, 2.75) is 31.2 Å². The number of ether oxygens (including phenoxy) is 3. The first-order chi connectivity index (χ1) is 15.1. The maximum Gasteiger partial charge on any atom is 0.333 e. The number of halogens is 2. The fraction of sp³-hybridized carbons (Fsp3) is 0.318. The molecule has 174 valence electrons. The average molecular weight is 502 g/mol. The third kappa shape index (κ3) is 6.70. The Labute approximate surface area is 198 Å². The predicted octanol–water partition coefficient (Wildman–Crippen LogP) is 4.81. The lowest BCUT2D eigenvalue weighted by atomic mass is 9.99. The van der Waals surface area contributed by atoms with Gasteiger partial charge >= 0.3 is 5.97 Å². The molecule has 0 unspecified atom stereocenters. The minimum Gasteiger partial charge on any atom is -0.467 e. The molecule has 10 heteroatoms. The summed E-state index contributed by atoms with van der Waals surface area (Å²) in [6, 6.07) is 8.36. The molecule has 0 spiro atoms. The lowest BCUT2D eigenvalue weighted by Gasteiger charge is -2.24. The van der Waals surface area contributed by atoms with E-state index in [9.17, 15) is 13.2 Å². The van der Waals surface area contributed by atoms with E-state index < -0.39 is 22.0 Å². The Kier molecular flexibility index (Phi) is 9.54. The SMILES string of the molecule is C=C(C[C@@H](NS(=O)(=O)c1ccc(C)cc1)c1c(OCOC)ccc(Cl)c1Cl)C(=O)OCC. The fourth-order valence-electron chi connectivity index (χ4n) is 2.86. The van der Waals surface area contributed by atoms with Crippen molar-refractivity contribution in [1.82, 2.24) is 4.72 Å². The van der Waals surface area contributed by atoms with Crippen LogP contribution in [0.3, 0.4) is 0 Å². The molecule has 1 atom stereocenters. The van der Waals surface area contributed by atoms with E-state index in [0.717, 1.165) is 5.56 Å². The monoisotopic (exact) mass is 501 g/mol. The zero-order valence-electron chi connectivity index (χ0n) is 18.0. The molecule has 2 aromatic rings. The molecule has 2 rings (SSSR count). The summed E-state index contributed by atoms with van der Waals surface area (Å²) in [5.41, 5.74) is 1.21. The summed E-state index contributed by atoms with van der Waals surface area (Å²) in [6.45, 7) is 7.29. The normalized spacial score (nSPS) is 12.3. The maximum absolute atomic E-state index is 13.1. The second kappa shape index (κ2) is 11.7. The third-order valence-electron chi connectivity index (χ3n) is 4.42. The Morgan fingerprint density at radius 1 is 1.16 bits per heavy atom. The molecule has 0 aliphatic heterocycles. The van der Waals surface area contributed by atoms with Crippen molar-refractivity contribution in [2.75, 3.05) is 20.5 Å². The highest BCUT2D eigenvalue weighted by Gasteiger charge is 2.29. The van der Waals surface area contributed by atoms with Gasteiger partial charge in [-0.3, -0.25) is 0 Å². The number of methoxy groups -OCH3 is 1. The Bertz CT molecular complexity index is 1070. The number of hydrogen-bond acceptors (Lipinski definition) is 6. The van der Waals surface area contributed by atoms with Crippen LogP contribution in [0.15, 0.2) is 53.4 Å². The van der Waals surface area contributed by atoms with Crippen molar-refractivity contribution in [1.29, 1.82) is 0 Å². The minimum absolute atomic E-state index is 0.0485. The Hall–Kier alpha value is -2.10. The number of carbonyl (C=O) groups excluding carboxylic acids is 1. The van der Waals surface area contributed by atoms with E-state index in [0.29, 0.717) is 0 Å². The molecule has 0 saturated heterocycles. The lowest BCUT2D eigenvalue weighted by Crippen LogP contribution is -2.30. The molecular weight excluding hydrogens is 477 g/mol. The van der Waals surface area contributed by atoms with Gasteiger partial charge in [0.15, 0.2) is 6.79 Å². The van der Waals surface area contributed by atoms with Crippen LogP contribution in [0.5, 0.6) is 5.75 Å². The van der Waals surface area contributed by atoms with E-state index in [1.54, 1.807) is 25.1 Å². The van der Waals surface area contributed by atoms with Gasteiger partial charge in [-0.2, -0.15) is 0 Å². The van der Waals surface area contributed by atoms with Gasteiger partial charge in [0.1, 0.15) is 5.75 Å². The molecular formula is C22H25Cl2NO6S. The molecule has 0 aromatic heterocycles. The van der Waals surface area contributed by atoms with Gasteiger partial charge in [0, 0.05) is 18.2 Å². The van der Waals surface area contributed by atoms with Crippen LogP contribution in [-0.2, 0) is 24.3 Å². The summed E-state index contributed by atoms with van der Waals surface area (Å²) in [6.07, 6.45) is -0.132. The van der Waals surface area contributed by atoms with Gasteiger partial charge in [0.25, 0.3) is 0 Å². The molecule has 2 aromatic carbocycles. The number of carbonyl (C=O) groups is 1. The van der Waals surface area contributed by atoms with Crippen LogP contribution in [0, 0.1) is 6.92 Å². The molecule has 0 aliphatic rings. The van der Waals surface area contributed by atoms with Crippen molar-refractivity contribution >= 4 is 39.2 Å². The number of nitrogens with one attached hydrogen (secondary N) is 1. The van der Waals surface area contributed by atoms with Crippen LogP contribution < -0.4 is 9.46 Å². The highest BCUT2D eigenvalue weighted by Crippen LogP contribution is 2.40.